The molecular weight excluding hydrogens is 663 g/mol. The van der Waals surface area contributed by atoms with Gasteiger partial charge in [-0.1, -0.05) is 61.5 Å². The summed E-state index contributed by atoms with van der Waals surface area (Å²) in [6, 6.07) is -0.480. The molecule has 3 heterocycles. The lowest BCUT2D eigenvalue weighted by Crippen LogP contribution is -2.64. The standard InChI is InChI=1S/C44H73BN2O6/c1-17-34-44(16)36-30(8)35(46-41(11,12)42(13,14)47(36)39(50)53-44)27(5)24-43(15,51-20-18-19-45)33(29(7)37(48)40(9,10)38(49)52-34)23-31-21-26(4)22-32(25(2)3)28(31)6/h18-19,25-34,36H,17,20-24H2,1-16H3/b19-18+/t26-,27+,28-,29+,30-,31-,32+,33+,34+,36+,43-,44+/m0/s1. The minimum absolute atomic E-state index is 0.0821. The quantitative estimate of drug-likeness (QED) is 0.147. The molecule has 3 fully saturated rings. The summed E-state index contributed by atoms with van der Waals surface area (Å²) in [7, 11) is 5.85. The van der Waals surface area contributed by atoms with Crippen molar-refractivity contribution < 1.29 is 28.6 Å². The first-order valence-corrected chi connectivity index (χ1v) is 20.7. The third-order valence-electron chi connectivity index (χ3n) is 15.1. The Kier molecular flexibility index (Phi) is 12.7. The van der Waals surface area contributed by atoms with Gasteiger partial charge in [0.15, 0.2) is 11.4 Å². The molecule has 4 rings (SSSR count). The molecule has 9 heteroatoms. The molecule has 0 aromatic rings. The Balaban J connectivity index is 1.99. The van der Waals surface area contributed by atoms with Crippen LogP contribution < -0.4 is 0 Å². The van der Waals surface area contributed by atoms with E-state index in [-0.39, 0.29) is 23.5 Å². The molecule has 12 atom stereocenters. The maximum absolute atomic E-state index is 15.0. The lowest BCUT2D eigenvalue weighted by atomic mass is 9.59. The number of hydrogen-bond donors (Lipinski definition) is 0. The number of fused-ring (bicyclic) bond motifs is 1. The minimum Gasteiger partial charge on any atom is -0.457 e. The summed E-state index contributed by atoms with van der Waals surface area (Å²) in [5.74, 6) is 2.32. The van der Waals surface area contributed by atoms with Gasteiger partial charge in [-0.25, -0.2) is 4.79 Å². The fourth-order valence-electron chi connectivity index (χ4n) is 11.2. The fourth-order valence-corrected chi connectivity index (χ4v) is 11.2. The number of aliphatic imine (C=N–C) groups is 1. The number of ketones is 1. The van der Waals surface area contributed by atoms with Crippen LogP contribution in [0.15, 0.2) is 17.0 Å². The van der Waals surface area contributed by atoms with Crippen LogP contribution in [0.25, 0.3) is 0 Å². The largest absolute Gasteiger partial charge is 0.457 e. The van der Waals surface area contributed by atoms with Crippen molar-refractivity contribution in [1.82, 2.24) is 4.90 Å². The molecule has 1 saturated carbocycles. The lowest BCUT2D eigenvalue weighted by molar-refractivity contribution is -0.178. The Hall–Kier alpha value is -2.16. The van der Waals surface area contributed by atoms with Crippen LogP contribution in [0.4, 0.5) is 4.79 Å². The number of rotatable bonds is 7. The van der Waals surface area contributed by atoms with Gasteiger partial charge in [-0.05, 0) is 129 Å². The van der Waals surface area contributed by atoms with E-state index in [4.69, 9.17) is 27.0 Å². The predicted molar refractivity (Wildman–Crippen MR) is 214 cm³/mol. The van der Waals surface area contributed by atoms with Crippen molar-refractivity contribution in [3.8, 4) is 0 Å². The van der Waals surface area contributed by atoms with E-state index < -0.39 is 57.8 Å². The van der Waals surface area contributed by atoms with Crippen LogP contribution in [-0.4, -0.2) is 77.3 Å². The highest BCUT2D eigenvalue weighted by Gasteiger charge is 2.66. The molecule has 0 unspecified atom stereocenters. The summed E-state index contributed by atoms with van der Waals surface area (Å²) in [4.78, 5) is 51.0. The van der Waals surface area contributed by atoms with Gasteiger partial charge in [-0.15, -0.1) is 5.98 Å². The average molecular weight is 737 g/mol. The van der Waals surface area contributed by atoms with Gasteiger partial charge in [0.1, 0.15) is 19.4 Å². The topological polar surface area (TPSA) is 94.5 Å². The van der Waals surface area contributed by atoms with Crippen LogP contribution in [0.2, 0.25) is 0 Å². The molecule has 2 bridgehead atoms. The molecule has 53 heavy (non-hydrogen) atoms. The number of Topliss-reactive ketones (excluding diaryl/α,β-unsaturated/α-hetero) is 1. The molecule has 4 aliphatic rings. The number of ether oxygens (including phenoxy) is 3. The number of nitrogens with zero attached hydrogens (tertiary/aromatic N) is 2. The van der Waals surface area contributed by atoms with Crippen molar-refractivity contribution in [3.05, 3.63) is 12.1 Å². The van der Waals surface area contributed by atoms with E-state index in [0.29, 0.717) is 49.0 Å². The summed E-state index contributed by atoms with van der Waals surface area (Å²) < 4.78 is 19.8. The van der Waals surface area contributed by atoms with Gasteiger partial charge in [0.2, 0.25) is 0 Å². The van der Waals surface area contributed by atoms with E-state index in [1.54, 1.807) is 13.8 Å². The van der Waals surface area contributed by atoms with Gasteiger partial charge in [0.05, 0.1) is 29.3 Å². The molecule has 2 radical (unpaired) electrons. The number of hydrogen-bond acceptors (Lipinski definition) is 7. The predicted octanol–water partition coefficient (Wildman–Crippen LogP) is 9.23. The molecule has 298 valence electrons. The van der Waals surface area contributed by atoms with E-state index >= 15 is 0 Å². The van der Waals surface area contributed by atoms with E-state index in [9.17, 15) is 14.4 Å². The van der Waals surface area contributed by atoms with Crippen LogP contribution in [0, 0.1) is 58.7 Å². The van der Waals surface area contributed by atoms with E-state index in [2.05, 4.69) is 76.2 Å². The van der Waals surface area contributed by atoms with Gasteiger partial charge in [0, 0.05) is 17.5 Å². The highest BCUT2D eigenvalue weighted by atomic mass is 16.6. The van der Waals surface area contributed by atoms with Gasteiger partial charge < -0.3 is 14.2 Å². The molecule has 1 amide bonds. The van der Waals surface area contributed by atoms with Crippen molar-refractivity contribution in [2.24, 2.45) is 63.7 Å². The van der Waals surface area contributed by atoms with Crippen LogP contribution in [0.3, 0.4) is 0 Å². The number of amides is 1. The van der Waals surface area contributed by atoms with E-state index in [1.807, 2.05) is 31.7 Å². The average Bonchev–Trinajstić information content (AvgIpc) is 3.31. The number of cyclic esters (lactones) is 1. The first-order valence-electron chi connectivity index (χ1n) is 20.7. The Morgan fingerprint density at radius 2 is 1.58 bits per heavy atom. The zero-order valence-electron chi connectivity index (χ0n) is 36.2. The highest BCUT2D eigenvalue weighted by Crippen LogP contribution is 2.52. The SMILES string of the molecule is [B]/C=C/CO[C@@]1(C)C[C@@H](C)C2=NC(C)(C)C(C)(C)N3C(=O)O[C@](C)([C@@H](CC)OC(=O)C(C)(C)C(=O)[C@H](C)[C@H]1C[C@@H]1C[C@H](C)C[C@H](C(C)C)[C@H]1C)[C@H]3[C@H]2C. The molecule has 1 aliphatic carbocycles. The zero-order chi connectivity index (χ0) is 40.2. The van der Waals surface area contributed by atoms with Crippen LogP contribution in [0.5, 0.6) is 0 Å². The monoisotopic (exact) mass is 737 g/mol. The summed E-state index contributed by atoms with van der Waals surface area (Å²) in [6.07, 6.45) is 4.72. The van der Waals surface area contributed by atoms with Crippen molar-refractivity contribution in [2.45, 2.75) is 177 Å². The molecular formula is C44H73BN2O6. The first kappa shape index (κ1) is 43.6. The van der Waals surface area contributed by atoms with E-state index in [1.165, 1.54) is 12.4 Å². The second-order valence-electron chi connectivity index (χ2n) is 20.0. The van der Waals surface area contributed by atoms with Crippen LogP contribution in [-0.2, 0) is 23.8 Å². The summed E-state index contributed by atoms with van der Waals surface area (Å²) in [5, 5.41) is 0. The molecule has 2 saturated heterocycles. The second kappa shape index (κ2) is 15.4. The Morgan fingerprint density at radius 3 is 2.15 bits per heavy atom. The van der Waals surface area contributed by atoms with Gasteiger partial charge in [-0.2, -0.15) is 0 Å². The van der Waals surface area contributed by atoms with Crippen molar-refractivity contribution in [3.63, 3.8) is 0 Å². The Morgan fingerprint density at radius 1 is 0.962 bits per heavy atom. The zero-order valence-corrected chi connectivity index (χ0v) is 36.2. The number of esters is 1. The molecule has 0 aromatic carbocycles. The normalized spacial score (nSPS) is 41.8. The molecule has 0 spiro atoms. The third-order valence-corrected chi connectivity index (χ3v) is 15.1. The van der Waals surface area contributed by atoms with Gasteiger partial charge in [0.25, 0.3) is 0 Å². The maximum Gasteiger partial charge on any atom is 0.411 e. The molecule has 0 N–H and O–H groups in total. The molecule has 0 aromatic heterocycles. The lowest BCUT2D eigenvalue weighted by Gasteiger charge is -2.49. The van der Waals surface area contributed by atoms with Crippen LogP contribution in [0.1, 0.15) is 143 Å². The Bertz CT molecular complexity index is 1440. The van der Waals surface area contributed by atoms with Crippen LogP contribution >= 0.6 is 0 Å². The smallest absolute Gasteiger partial charge is 0.411 e. The number of carbonyl (C=O) groups is 3. The minimum atomic E-state index is -1.45. The van der Waals surface area contributed by atoms with Gasteiger partial charge >= 0.3 is 12.1 Å². The number of carbonyl (C=O) groups excluding carboxylic acids is 3. The van der Waals surface area contributed by atoms with Crippen molar-refractivity contribution in [1.29, 1.82) is 0 Å². The first-order chi connectivity index (χ1) is 24.3. The Labute approximate surface area is 323 Å². The van der Waals surface area contributed by atoms with Crippen molar-refractivity contribution >= 4 is 31.4 Å². The maximum atomic E-state index is 15.0. The summed E-state index contributed by atoms with van der Waals surface area (Å²) >= 11 is 0. The highest BCUT2D eigenvalue weighted by molar-refractivity contribution is 6.16. The second-order valence-corrected chi connectivity index (χ2v) is 20.0. The summed E-state index contributed by atoms with van der Waals surface area (Å²) in [6.45, 7) is 33.8. The van der Waals surface area contributed by atoms with Crippen molar-refractivity contribution in [2.75, 3.05) is 6.61 Å². The molecule has 3 aliphatic heterocycles. The fraction of sp³-hybridized carbons (Fsp3) is 0.864. The third kappa shape index (κ3) is 7.69. The summed E-state index contributed by atoms with van der Waals surface area (Å²) in [5.41, 5.74) is -3.87. The van der Waals surface area contributed by atoms with E-state index in [0.717, 1.165) is 18.6 Å². The van der Waals surface area contributed by atoms with Gasteiger partial charge in [-0.3, -0.25) is 19.5 Å². The molecule has 8 nitrogen and oxygen atoms in total.